The summed E-state index contributed by atoms with van der Waals surface area (Å²) in [6, 6.07) is 26.0. The molecule has 0 saturated carbocycles. The molecule has 2 unspecified atom stereocenters. The highest BCUT2D eigenvalue weighted by molar-refractivity contribution is 5.80. The smallest absolute Gasteiger partial charge is 0.323 e. The second-order valence-corrected chi connectivity index (χ2v) is 10.5. The van der Waals surface area contributed by atoms with Crippen molar-refractivity contribution in [2.75, 3.05) is 6.61 Å². The van der Waals surface area contributed by atoms with Gasteiger partial charge in [0.1, 0.15) is 30.7 Å². The number of esters is 2. The van der Waals surface area contributed by atoms with Crippen LogP contribution in [-0.2, 0) is 48.0 Å². The van der Waals surface area contributed by atoms with Crippen LogP contribution in [0.1, 0.15) is 55.7 Å². The minimum Gasteiger partial charge on any atom is -0.465 e. The lowest BCUT2D eigenvalue weighted by Crippen LogP contribution is -2.50. The van der Waals surface area contributed by atoms with E-state index in [4.69, 9.17) is 18.9 Å². The topological polar surface area (TPSA) is 83.1 Å². The van der Waals surface area contributed by atoms with Crippen LogP contribution in [0.15, 0.2) is 97.0 Å². The largest absolute Gasteiger partial charge is 0.465 e. The number of benzene rings is 3. The molecule has 0 spiro atoms. The first-order valence-electron chi connectivity index (χ1n) is 14.2. The van der Waals surface area contributed by atoms with Gasteiger partial charge < -0.3 is 18.9 Å². The summed E-state index contributed by atoms with van der Waals surface area (Å²) in [4.78, 5) is 26.0. The van der Waals surface area contributed by atoms with Gasteiger partial charge in [-0.2, -0.15) is 0 Å². The number of hydrogen-bond acceptors (Lipinski definition) is 7. The molecule has 0 saturated heterocycles. The Morgan fingerprint density at radius 3 is 2.07 bits per heavy atom. The monoisotopic (exact) mass is 557 g/mol. The fourth-order valence-electron chi connectivity index (χ4n) is 4.63. The van der Waals surface area contributed by atoms with Crippen molar-refractivity contribution in [3.63, 3.8) is 0 Å². The number of ether oxygens (including phenoxy) is 4. The van der Waals surface area contributed by atoms with E-state index in [0.29, 0.717) is 19.3 Å². The van der Waals surface area contributed by atoms with Crippen LogP contribution in [-0.4, -0.2) is 30.6 Å². The molecule has 0 aliphatic carbocycles. The first-order chi connectivity index (χ1) is 19.9. The Bertz CT molecular complexity index is 1270. The zero-order valence-electron chi connectivity index (χ0n) is 24.0. The molecular formula is C34H39NO6. The summed E-state index contributed by atoms with van der Waals surface area (Å²) in [6.45, 7) is 6.26. The fourth-order valence-corrected chi connectivity index (χ4v) is 4.63. The molecule has 0 bridgehead atoms. The minimum absolute atomic E-state index is 0.175. The van der Waals surface area contributed by atoms with Gasteiger partial charge in [0.05, 0.1) is 6.61 Å². The van der Waals surface area contributed by atoms with Crippen LogP contribution in [0.4, 0.5) is 0 Å². The van der Waals surface area contributed by atoms with Gasteiger partial charge in [0.25, 0.3) is 6.29 Å². The van der Waals surface area contributed by atoms with Crippen LogP contribution in [0.25, 0.3) is 0 Å². The Morgan fingerprint density at radius 2 is 1.44 bits per heavy atom. The zero-order valence-corrected chi connectivity index (χ0v) is 24.0. The average Bonchev–Trinajstić information content (AvgIpc) is 3.45. The van der Waals surface area contributed by atoms with Gasteiger partial charge >= 0.3 is 11.9 Å². The van der Waals surface area contributed by atoms with Gasteiger partial charge in [0, 0.05) is 12.0 Å². The van der Waals surface area contributed by atoms with Crippen molar-refractivity contribution >= 4 is 11.9 Å². The molecule has 0 amide bonds. The molecule has 0 radical (unpaired) electrons. The summed E-state index contributed by atoms with van der Waals surface area (Å²) >= 11 is 0. The van der Waals surface area contributed by atoms with Crippen LogP contribution in [0.3, 0.4) is 0 Å². The van der Waals surface area contributed by atoms with Crippen molar-refractivity contribution in [2.45, 2.75) is 65.0 Å². The van der Waals surface area contributed by atoms with E-state index in [0.717, 1.165) is 28.0 Å². The van der Waals surface area contributed by atoms with Crippen molar-refractivity contribution in [1.29, 1.82) is 0 Å². The molecule has 0 aromatic heterocycles. The first-order valence-corrected chi connectivity index (χ1v) is 14.2. The Kier molecular flexibility index (Phi) is 11.0. The van der Waals surface area contributed by atoms with E-state index in [-0.39, 0.29) is 25.1 Å². The van der Waals surface area contributed by atoms with Gasteiger partial charge in [-0.05, 0) is 42.4 Å². The summed E-state index contributed by atoms with van der Waals surface area (Å²) in [6.07, 6.45) is 2.68. The molecule has 1 aliphatic rings. The lowest BCUT2D eigenvalue weighted by Gasteiger charge is -2.25. The third-order valence-electron chi connectivity index (χ3n) is 6.68. The van der Waals surface area contributed by atoms with E-state index in [9.17, 15) is 9.59 Å². The van der Waals surface area contributed by atoms with E-state index in [1.807, 2.05) is 86.6 Å². The molecule has 3 aromatic rings. The molecule has 3 atom stereocenters. The Hall–Kier alpha value is -4.10. The van der Waals surface area contributed by atoms with Crippen LogP contribution in [0.5, 0.6) is 0 Å². The standard InChI is InChI=1S/C34H39NO6/c1-4-38-32(36)31(35-30(19-24(2)3)33(37)39-22-27-13-9-6-10-14-27)21-26-15-17-28(18-16-26)34-40-23-29(41-34)20-25-11-7-5-8-12-25/h5-18,23-24,30-31,34-35H,4,19-22H2,1-3H3/t30-,31?,34?/m0/s1. The lowest BCUT2D eigenvalue weighted by molar-refractivity contribution is -0.150. The molecular weight excluding hydrogens is 518 g/mol. The van der Waals surface area contributed by atoms with Gasteiger partial charge in [-0.1, -0.05) is 98.8 Å². The Labute approximate surface area is 242 Å². The molecule has 1 N–H and O–H groups in total. The van der Waals surface area contributed by atoms with Gasteiger partial charge in [-0.3, -0.25) is 14.9 Å². The van der Waals surface area contributed by atoms with Crippen LogP contribution in [0, 0.1) is 5.92 Å². The maximum atomic E-state index is 13.1. The van der Waals surface area contributed by atoms with Gasteiger partial charge in [-0.15, -0.1) is 0 Å². The molecule has 7 heteroatoms. The summed E-state index contributed by atoms with van der Waals surface area (Å²) in [5.74, 6) is 0.192. The van der Waals surface area contributed by atoms with Crippen LogP contribution >= 0.6 is 0 Å². The van der Waals surface area contributed by atoms with Gasteiger partial charge in [-0.25, -0.2) is 0 Å². The molecule has 3 aromatic carbocycles. The lowest BCUT2D eigenvalue weighted by atomic mass is 10.00. The third kappa shape index (κ3) is 9.22. The number of carbonyl (C=O) groups excluding carboxylic acids is 2. The summed E-state index contributed by atoms with van der Waals surface area (Å²) in [5.41, 5.74) is 3.84. The van der Waals surface area contributed by atoms with Crippen molar-refractivity contribution in [2.24, 2.45) is 5.92 Å². The van der Waals surface area contributed by atoms with Gasteiger partial charge in [0.15, 0.2) is 0 Å². The number of allylic oxidation sites excluding steroid dienone is 1. The van der Waals surface area contributed by atoms with Crippen LogP contribution < -0.4 is 5.32 Å². The molecule has 4 rings (SSSR count). The minimum atomic E-state index is -0.716. The molecule has 216 valence electrons. The van der Waals surface area contributed by atoms with E-state index in [2.05, 4.69) is 17.4 Å². The van der Waals surface area contributed by atoms with E-state index in [1.165, 1.54) is 0 Å². The normalized spacial score (nSPS) is 15.8. The van der Waals surface area contributed by atoms with E-state index < -0.39 is 24.3 Å². The number of hydrogen-bond donors (Lipinski definition) is 1. The van der Waals surface area contributed by atoms with Crippen molar-refractivity contribution in [1.82, 2.24) is 5.32 Å². The van der Waals surface area contributed by atoms with E-state index in [1.54, 1.807) is 13.2 Å². The number of carbonyl (C=O) groups is 2. The third-order valence-corrected chi connectivity index (χ3v) is 6.68. The van der Waals surface area contributed by atoms with Gasteiger partial charge in [0.2, 0.25) is 0 Å². The SMILES string of the molecule is CCOC(=O)C(Cc1ccc(C2OC=C(Cc3ccccc3)O2)cc1)N[C@@H](CC(C)C)C(=O)OCc1ccccc1. The van der Waals surface area contributed by atoms with Crippen molar-refractivity contribution < 1.29 is 28.5 Å². The fraction of sp³-hybridized carbons (Fsp3) is 0.353. The zero-order chi connectivity index (χ0) is 29.0. The first kappa shape index (κ1) is 29.9. The summed E-state index contributed by atoms with van der Waals surface area (Å²) < 4.78 is 22.7. The Morgan fingerprint density at radius 1 is 0.805 bits per heavy atom. The number of rotatable bonds is 14. The highest BCUT2D eigenvalue weighted by Crippen LogP contribution is 2.30. The maximum Gasteiger partial charge on any atom is 0.323 e. The molecule has 41 heavy (non-hydrogen) atoms. The second kappa shape index (κ2) is 15.1. The Balaban J connectivity index is 1.38. The number of nitrogens with one attached hydrogen (secondary N) is 1. The quantitative estimate of drug-likeness (QED) is 0.242. The highest BCUT2D eigenvalue weighted by Gasteiger charge is 2.29. The average molecular weight is 558 g/mol. The highest BCUT2D eigenvalue weighted by atomic mass is 16.7. The van der Waals surface area contributed by atoms with Crippen LogP contribution in [0.2, 0.25) is 0 Å². The predicted molar refractivity (Wildman–Crippen MR) is 156 cm³/mol. The molecule has 7 nitrogen and oxygen atoms in total. The van der Waals surface area contributed by atoms with Crippen molar-refractivity contribution in [3.8, 4) is 0 Å². The predicted octanol–water partition coefficient (Wildman–Crippen LogP) is 6.04. The second-order valence-electron chi connectivity index (χ2n) is 10.5. The molecule has 0 fully saturated rings. The van der Waals surface area contributed by atoms with Crippen molar-refractivity contribution in [3.05, 3.63) is 119 Å². The van der Waals surface area contributed by atoms with E-state index >= 15 is 0 Å². The summed E-state index contributed by atoms with van der Waals surface area (Å²) in [7, 11) is 0. The maximum absolute atomic E-state index is 13.1. The summed E-state index contributed by atoms with van der Waals surface area (Å²) in [5, 5.41) is 3.25. The molecule has 1 heterocycles. The molecule has 1 aliphatic heterocycles.